The van der Waals surface area contributed by atoms with Gasteiger partial charge in [0.1, 0.15) is 12.2 Å². The van der Waals surface area contributed by atoms with E-state index in [2.05, 4.69) is 4.90 Å². The molecule has 0 spiro atoms. The van der Waals surface area contributed by atoms with Crippen LogP contribution in [0.5, 0.6) is 0 Å². The monoisotopic (exact) mass is 329 g/mol. The quantitative estimate of drug-likeness (QED) is 0.627. The fourth-order valence-corrected chi connectivity index (χ4v) is 3.74. The predicted octanol–water partition coefficient (Wildman–Crippen LogP) is 2.41. The average molecular weight is 329 g/mol. The first-order valence-electron chi connectivity index (χ1n) is 8.36. The topological polar surface area (TPSA) is 55.8 Å². The van der Waals surface area contributed by atoms with E-state index >= 15 is 0 Å². The summed E-state index contributed by atoms with van der Waals surface area (Å²) in [5, 5.41) is 0. The minimum absolute atomic E-state index is 0.0962. The van der Waals surface area contributed by atoms with Gasteiger partial charge in [0.15, 0.2) is 0 Å². The van der Waals surface area contributed by atoms with Crippen molar-refractivity contribution in [1.29, 1.82) is 0 Å². The highest BCUT2D eigenvalue weighted by atomic mass is 16.6. The maximum atomic E-state index is 12.1. The molecule has 0 aromatic heterocycles. The standard InChI is InChI=1S/C19H23NO4/c1-13(21)23-18-11-15-10-16(12-17(18)20(15)2)24-19(22)9-8-14-6-4-3-5-7-14/h3-9,15-18H,10-12H2,1-2H3. The summed E-state index contributed by atoms with van der Waals surface area (Å²) in [7, 11) is 2.05. The van der Waals surface area contributed by atoms with E-state index in [1.807, 2.05) is 37.4 Å². The van der Waals surface area contributed by atoms with E-state index < -0.39 is 0 Å². The number of carbonyl (C=O) groups excluding carboxylic acids is 2. The van der Waals surface area contributed by atoms with Crippen LogP contribution in [0, 0.1) is 0 Å². The molecule has 5 heteroatoms. The third-order valence-electron chi connectivity index (χ3n) is 4.88. The molecule has 1 aromatic rings. The summed E-state index contributed by atoms with van der Waals surface area (Å²) in [4.78, 5) is 25.5. The van der Waals surface area contributed by atoms with Gasteiger partial charge >= 0.3 is 11.9 Å². The molecule has 3 rings (SSSR count). The van der Waals surface area contributed by atoms with E-state index in [9.17, 15) is 9.59 Å². The number of nitrogens with zero attached hydrogens (tertiary/aromatic N) is 1. The lowest BCUT2D eigenvalue weighted by Gasteiger charge is -2.36. The van der Waals surface area contributed by atoms with E-state index in [1.165, 1.54) is 13.0 Å². The Morgan fingerprint density at radius 1 is 1.12 bits per heavy atom. The fraction of sp³-hybridized carbons (Fsp3) is 0.474. The Morgan fingerprint density at radius 3 is 2.58 bits per heavy atom. The first-order chi connectivity index (χ1) is 11.5. The molecule has 128 valence electrons. The van der Waals surface area contributed by atoms with Crippen molar-refractivity contribution in [2.45, 2.75) is 50.5 Å². The third kappa shape index (κ3) is 3.85. The number of hydrogen-bond acceptors (Lipinski definition) is 5. The molecule has 2 heterocycles. The second-order valence-corrected chi connectivity index (χ2v) is 6.54. The zero-order valence-electron chi connectivity index (χ0n) is 14.1. The van der Waals surface area contributed by atoms with Crippen LogP contribution in [0.2, 0.25) is 0 Å². The molecule has 1 aromatic carbocycles. The maximum absolute atomic E-state index is 12.1. The number of benzene rings is 1. The molecule has 0 saturated carbocycles. The SMILES string of the molecule is CC(=O)OC1CC2CC(OC(=O)C=Cc3ccccc3)CC1N2C. The number of hydrogen-bond donors (Lipinski definition) is 0. The van der Waals surface area contributed by atoms with E-state index in [0.29, 0.717) is 12.5 Å². The van der Waals surface area contributed by atoms with Gasteiger partial charge in [-0.1, -0.05) is 30.3 Å². The van der Waals surface area contributed by atoms with Crippen molar-refractivity contribution in [2.24, 2.45) is 0 Å². The molecule has 0 radical (unpaired) electrons. The molecule has 0 amide bonds. The number of piperidine rings is 1. The Bertz CT molecular complexity index is 628. The largest absolute Gasteiger partial charge is 0.461 e. The molecule has 0 N–H and O–H groups in total. The van der Waals surface area contributed by atoms with Crippen LogP contribution in [0.3, 0.4) is 0 Å². The van der Waals surface area contributed by atoms with Gasteiger partial charge in [0.25, 0.3) is 0 Å². The van der Waals surface area contributed by atoms with Crippen LogP contribution in [0.25, 0.3) is 6.08 Å². The van der Waals surface area contributed by atoms with Crippen molar-refractivity contribution in [2.75, 3.05) is 7.05 Å². The summed E-state index contributed by atoms with van der Waals surface area (Å²) in [6.45, 7) is 1.44. The van der Waals surface area contributed by atoms with Gasteiger partial charge in [0.2, 0.25) is 0 Å². The van der Waals surface area contributed by atoms with Crippen LogP contribution in [0.1, 0.15) is 31.7 Å². The number of carbonyl (C=O) groups is 2. The molecule has 2 fully saturated rings. The highest BCUT2D eigenvalue weighted by molar-refractivity contribution is 5.87. The molecule has 5 nitrogen and oxygen atoms in total. The molecular formula is C19H23NO4. The summed E-state index contributed by atoms with van der Waals surface area (Å²) < 4.78 is 11.0. The fourth-order valence-electron chi connectivity index (χ4n) is 3.74. The van der Waals surface area contributed by atoms with E-state index in [-0.39, 0.29) is 30.2 Å². The van der Waals surface area contributed by atoms with Gasteiger partial charge in [-0.15, -0.1) is 0 Å². The summed E-state index contributed by atoms with van der Waals surface area (Å²) in [6.07, 6.45) is 5.32. The minimum Gasteiger partial charge on any atom is -0.461 e. The first-order valence-corrected chi connectivity index (χ1v) is 8.36. The van der Waals surface area contributed by atoms with E-state index in [4.69, 9.17) is 9.47 Å². The molecule has 2 saturated heterocycles. The van der Waals surface area contributed by atoms with Crippen LogP contribution in [0.15, 0.2) is 36.4 Å². The van der Waals surface area contributed by atoms with Gasteiger partial charge in [-0.25, -0.2) is 4.79 Å². The van der Waals surface area contributed by atoms with Crippen molar-refractivity contribution in [3.8, 4) is 0 Å². The average Bonchev–Trinajstić information content (AvgIpc) is 2.71. The lowest BCUT2D eigenvalue weighted by Crippen LogP contribution is -2.45. The highest BCUT2D eigenvalue weighted by Crippen LogP contribution is 2.37. The normalized spacial score (nSPS) is 29.6. The molecule has 24 heavy (non-hydrogen) atoms. The van der Waals surface area contributed by atoms with Gasteiger partial charge < -0.3 is 9.47 Å². The van der Waals surface area contributed by atoms with Crippen LogP contribution >= 0.6 is 0 Å². The summed E-state index contributed by atoms with van der Waals surface area (Å²) >= 11 is 0. The Labute approximate surface area is 142 Å². The van der Waals surface area contributed by atoms with Crippen molar-refractivity contribution in [1.82, 2.24) is 4.90 Å². The van der Waals surface area contributed by atoms with Gasteiger partial charge in [0.05, 0.1) is 6.04 Å². The maximum Gasteiger partial charge on any atom is 0.331 e. The molecular weight excluding hydrogens is 306 g/mol. The van der Waals surface area contributed by atoms with Gasteiger partial charge in [0, 0.05) is 38.3 Å². The van der Waals surface area contributed by atoms with Crippen molar-refractivity contribution < 1.29 is 19.1 Å². The summed E-state index contributed by atoms with van der Waals surface area (Å²) in [6, 6.07) is 10.1. The zero-order chi connectivity index (χ0) is 17.1. The van der Waals surface area contributed by atoms with Crippen LogP contribution in [-0.4, -0.2) is 48.2 Å². The second-order valence-electron chi connectivity index (χ2n) is 6.54. The Kier molecular flexibility index (Phi) is 5.00. The zero-order valence-corrected chi connectivity index (χ0v) is 14.1. The summed E-state index contributed by atoms with van der Waals surface area (Å²) in [5.41, 5.74) is 0.966. The van der Waals surface area contributed by atoms with Crippen molar-refractivity contribution in [3.05, 3.63) is 42.0 Å². The molecule has 2 aliphatic heterocycles. The van der Waals surface area contributed by atoms with Crippen LogP contribution in [-0.2, 0) is 19.1 Å². The first kappa shape index (κ1) is 16.7. The smallest absolute Gasteiger partial charge is 0.331 e. The number of rotatable bonds is 4. The van der Waals surface area contributed by atoms with Crippen LogP contribution < -0.4 is 0 Å². The van der Waals surface area contributed by atoms with Gasteiger partial charge in [-0.05, 0) is 18.7 Å². The number of ether oxygens (including phenoxy) is 2. The van der Waals surface area contributed by atoms with Crippen molar-refractivity contribution in [3.63, 3.8) is 0 Å². The summed E-state index contributed by atoms with van der Waals surface area (Å²) in [5.74, 6) is -0.572. The van der Waals surface area contributed by atoms with Gasteiger partial charge in [-0.2, -0.15) is 0 Å². The molecule has 2 bridgehead atoms. The third-order valence-corrected chi connectivity index (χ3v) is 4.88. The molecule has 4 atom stereocenters. The lowest BCUT2D eigenvalue weighted by molar-refractivity contribution is -0.151. The number of fused-ring (bicyclic) bond motifs is 2. The highest BCUT2D eigenvalue weighted by Gasteiger charge is 2.47. The van der Waals surface area contributed by atoms with E-state index in [0.717, 1.165) is 18.4 Å². The minimum atomic E-state index is -0.322. The van der Waals surface area contributed by atoms with Crippen LogP contribution in [0.4, 0.5) is 0 Å². The second kappa shape index (κ2) is 7.18. The van der Waals surface area contributed by atoms with Gasteiger partial charge in [-0.3, -0.25) is 9.69 Å². The van der Waals surface area contributed by atoms with E-state index in [1.54, 1.807) is 6.08 Å². The number of esters is 2. The number of likely N-dealkylation sites (N-methyl/N-ethyl adjacent to an activating group) is 1. The predicted molar refractivity (Wildman–Crippen MR) is 90.1 cm³/mol. The Balaban J connectivity index is 1.56. The molecule has 0 aliphatic carbocycles. The Morgan fingerprint density at radius 2 is 1.88 bits per heavy atom. The Hall–Kier alpha value is -2.14. The molecule has 2 aliphatic rings. The molecule has 4 unspecified atom stereocenters. The van der Waals surface area contributed by atoms with Crippen molar-refractivity contribution >= 4 is 18.0 Å². The lowest BCUT2D eigenvalue weighted by atomic mass is 10.0.